The fraction of sp³-hybridized carbons (Fsp3) is 0.250. The van der Waals surface area contributed by atoms with Gasteiger partial charge in [-0.25, -0.2) is 0 Å². The molecule has 0 unspecified atom stereocenters. The molecule has 0 atom stereocenters. The minimum atomic E-state index is -0.480. The molecule has 0 heterocycles. The molecule has 0 aliphatic carbocycles. The van der Waals surface area contributed by atoms with E-state index in [0.29, 0.717) is 25.1 Å². The molecule has 0 spiro atoms. The van der Waals surface area contributed by atoms with Crippen LogP contribution in [0.5, 0.6) is 0 Å². The summed E-state index contributed by atoms with van der Waals surface area (Å²) in [6, 6.07) is 6.24. The van der Waals surface area contributed by atoms with Crippen molar-refractivity contribution in [2.45, 2.75) is 6.42 Å². The average Bonchev–Trinajstić information content (AvgIpc) is 2.37. The molecule has 0 fully saturated rings. The number of hydrogen-bond acceptors (Lipinski definition) is 4. The quantitative estimate of drug-likeness (QED) is 0.341. The van der Waals surface area contributed by atoms with Crippen molar-refractivity contribution < 1.29 is 9.72 Å². The van der Waals surface area contributed by atoms with Crippen LogP contribution in [0.15, 0.2) is 30.3 Å². The molecular weight excluding hydrogens is 234 g/mol. The van der Waals surface area contributed by atoms with Crippen LogP contribution in [0, 0.1) is 10.1 Å². The van der Waals surface area contributed by atoms with Crippen molar-refractivity contribution in [2.24, 2.45) is 5.73 Å². The number of nitro benzene ring substituents is 1. The number of para-hydroxylation sites is 1. The minimum Gasteiger partial charge on any atom is -0.353 e. The van der Waals surface area contributed by atoms with Gasteiger partial charge in [0.1, 0.15) is 0 Å². The molecule has 96 valence electrons. The molecule has 0 aromatic heterocycles. The molecule has 0 bridgehead atoms. The zero-order valence-electron chi connectivity index (χ0n) is 9.83. The zero-order chi connectivity index (χ0) is 13.4. The van der Waals surface area contributed by atoms with Crippen LogP contribution in [-0.4, -0.2) is 23.9 Å². The number of nitro groups is 1. The van der Waals surface area contributed by atoms with Crippen molar-refractivity contribution in [1.29, 1.82) is 0 Å². The maximum Gasteiger partial charge on any atom is 0.276 e. The van der Waals surface area contributed by atoms with Gasteiger partial charge < -0.3 is 11.1 Å². The van der Waals surface area contributed by atoms with Crippen molar-refractivity contribution in [3.63, 3.8) is 0 Å². The zero-order valence-corrected chi connectivity index (χ0v) is 9.83. The highest BCUT2D eigenvalue weighted by Crippen LogP contribution is 2.18. The van der Waals surface area contributed by atoms with E-state index in [0.717, 1.165) is 0 Å². The number of rotatable bonds is 6. The molecule has 0 radical (unpaired) electrons. The molecule has 18 heavy (non-hydrogen) atoms. The molecule has 1 amide bonds. The van der Waals surface area contributed by atoms with Crippen LogP contribution >= 0.6 is 0 Å². The molecule has 0 aliphatic heterocycles. The first-order valence-corrected chi connectivity index (χ1v) is 5.54. The van der Waals surface area contributed by atoms with Gasteiger partial charge in [-0.1, -0.05) is 12.1 Å². The van der Waals surface area contributed by atoms with Crippen LogP contribution in [0.25, 0.3) is 6.08 Å². The summed E-state index contributed by atoms with van der Waals surface area (Å²) in [6.07, 6.45) is 3.40. The van der Waals surface area contributed by atoms with Gasteiger partial charge in [-0.15, -0.1) is 0 Å². The third-order valence-corrected chi connectivity index (χ3v) is 2.23. The van der Waals surface area contributed by atoms with Crippen LogP contribution in [0.3, 0.4) is 0 Å². The third-order valence-electron chi connectivity index (χ3n) is 2.23. The minimum absolute atomic E-state index is 0.0245. The van der Waals surface area contributed by atoms with E-state index in [1.165, 1.54) is 18.2 Å². The number of carbonyl (C=O) groups is 1. The summed E-state index contributed by atoms with van der Waals surface area (Å²) in [5.74, 6) is -0.290. The smallest absolute Gasteiger partial charge is 0.276 e. The summed E-state index contributed by atoms with van der Waals surface area (Å²) in [5.41, 5.74) is 5.66. The molecule has 3 N–H and O–H groups in total. The Labute approximate surface area is 105 Å². The van der Waals surface area contributed by atoms with Crippen molar-refractivity contribution in [3.8, 4) is 0 Å². The molecule has 6 nitrogen and oxygen atoms in total. The van der Waals surface area contributed by atoms with E-state index >= 15 is 0 Å². The second-order valence-electron chi connectivity index (χ2n) is 3.58. The summed E-state index contributed by atoms with van der Waals surface area (Å²) in [7, 11) is 0. The number of benzene rings is 1. The SMILES string of the molecule is NCCCNC(=O)C=Cc1ccccc1[N+](=O)[O-]. The Morgan fingerprint density at radius 2 is 2.17 bits per heavy atom. The molecule has 6 heteroatoms. The third kappa shape index (κ3) is 4.34. The highest BCUT2D eigenvalue weighted by atomic mass is 16.6. The summed E-state index contributed by atoms with van der Waals surface area (Å²) in [5, 5.41) is 13.4. The van der Waals surface area contributed by atoms with Crippen molar-refractivity contribution in [2.75, 3.05) is 13.1 Å². The van der Waals surface area contributed by atoms with E-state index in [1.807, 2.05) is 0 Å². The van der Waals surface area contributed by atoms with Gasteiger partial charge in [0.25, 0.3) is 5.69 Å². The summed E-state index contributed by atoms with van der Waals surface area (Å²) >= 11 is 0. The lowest BCUT2D eigenvalue weighted by Crippen LogP contribution is -2.23. The van der Waals surface area contributed by atoms with E-state index in [-0.39, 0.29) is 11.6 Å². The van der Waals surface area contributed by atoms with Crippen LogP contribution in [0.2, 0.25) is 0 Å². The number of nitrogens with zero attached hydrogens (tertiary/aromatic N) is 1. The normalized spacial score (nSPS) is 10.5. The standard InChI is InChI=1S/C12H15N3O3/c13-8-3-9-14-12(16)7-6-10-4-1-2-5-11(10)15(17)18/h1-2,4-7H,3,8-9,13H2,(H,14,16). The van der Waals surface area contributed by atoms with E-state index in [9.17, 15) is 14.9 Å². The fourth-order valence-electron chi connectivity index (χ4n) is 1.33. The Hall–Kier alpha value is -2.21. The van der Waals surface area contributed by atoms with Crippen molar-refractivity contribution in [1.82, 2.24) is 5.32 Å². The lowest BCUT2D eigenvalue weighted by molar-refractivity contribution is -0.385. The molecule has 0 saturated heterocycles. The fourth-order valence-corrected chi connectivity index (χ4v) is 1.33. The van der Waals surface area contributed by atoms with Crippen molar-refractivity contribution >= 4 is 17.7 Å². The van der Waals surface area contributed by atoms with Crippen LogP contribution in [0.4, 0.5) is 5.69 Å². The monoisotopic (exact) mass is 249 g/mol. The Kier molecular flexibility index (Phi) is 5.53. The van der Waals surface area contributed by atoms with Gasteiger partial charge in [-0.2, -0.15) is 0 Å². The van der Waals surface area contributed by atoms with Gasteiger partial charge in [0, 0.05) is 18.7 Å². The number of amides is 1. The lowest BCUT2D eigenvalue weighted by atomic mass is 10.1. The lowest BCUT2D eigenvalue weighted by Gasteiger charge is -1.99. The van der Waals surface area contributed by atoms with E-state index in [2.05, 4.69) is 5.32 Å². The second-order valence-corrected chi connectivity index (χ2v) is 3.58. The molecule has 0 saturated carbocycles. The summed E-state index contributed by atoms with van der Waals surface area (Å²) in [4.78, 5) is 21.6. The number of hydrogen-bond donors (Lipinski definition) is 2. The first-order valence-electron chi connectivity index (χ1n) is 5.54. The first kappa shape index (κ1) is 13.9. The van der Waals surface area contributed by atoms with Gasteiger partial charge in [0.2, 0.25) is 5.91 Å². The first-order chi connectivity index (χ1) is 8.65. The Morgan fingerprint density at radius 1 is 1.44 bits per heavy atom. The number of carbonyl (C=O) groups excluding carboxylic acids is 1. The topological polar surface area (TPSA) is 98.3 Å². The predicted octanol–water partition coefficient (Wildman–Crippen LogP) is 1.07. The van der Waals surface area contributed by atoms with E-state index in [4.69, 9.17) is 5.73 Å². The predicted molar refractivity (Wildman–Crippen MR) is 68.8 cm³/mol. The highest BCUT2D eigenvalue weighted by Gasteiger charge is 2.09. The van der Waals surface area contributed by atoms with Crippen LogP contribution in [0.1, 0.15) is 12.0 Å². The maximum atomic E-state index is 11.4. The highest BCUT2D eigenvalue weighted by molar-refractivity contribution is 5.92. The summed E-state index contributed by atoms with van der Waals surface area (Å²) in [6.45, 7) is 1.00. The van der Waals surface area contributed by atoms with Gasteiger partial charge in [0.15, 0.2) is 0 Å². The van der Waals surface area contributed by atoms with Crippen LogP contribution < -0.4 is 11.1 Å². The maximum absolute atomic E-state index is 11.4. The van der Waals surface area contributed by atoms with Gasteiger partial charge in [0.05, 0.1) is 10.5 Å². The number of nitrogens with two attached hydrogens (primary N) is 1. The van der Waals surface area contributed by atoms with E-state index in [1.54, 1.807) is 18.2 Å². The van der Waals surface area contributed by atoms with Gasteiger partial charge in [-0.3, -0.25) is 14.9 Å². The Bertz CT molecular complexity index is 458. The van der Waals surface area contributed by atoms with Gasteiger partial charge >= 0.3 is 0 Å². The average molecular weight is 249 g/mol. The number of nitrogens with one attached hydrogen (secondary N) is 1. The van der Waals surface area contributed by atoms with Gasteiger partial charge in [-0.05, 0) is 25.1 Å². The van der Waals surface area contributed by atoms with Crippen molar-refractivity contribution in [3.05, 3.63) is 46.0 Å². The largest absolute Gasteiger partial charge is 0.353 e. The summed E-state index contributed by atoms with van der Waals surface area (Å²) < 4.78 is 0. The molecular formula is C12H15N3O3. The Morgan fingerprint density at radius 3 is 2.83 bits per heavy atom. The molecule has 0 aliphatic rings. The molecule has 1 aromatic carbocycles. The van der Waals surface area contributed by atoms with Crippen LogP contribution in [-0.2, 0) is 4.79 Å². The second kappa shape index (κ2) is 7.18. The Balaban J connectivity index is 2.66. The van der Waals surface area contributed by atoms with E-state index < -0.39 is 4.92 Å². The molecule has 1 aromatic rings. The molecule has 1 rings (SSSR count).